The van der Waals surface area contributed by atoms with Crippen LogP contribution in [0.25, 0.3) is 0 Å². The summed E-state index contributed by atoms with van der Waals surface area (Å²) in [6.45, 7) is 4.63. The summed E-state index contributed by atoms with van der Waals surface area (Å²) in [5, 5.41) is 14.1. The van der Waals surface area contributed by atoms with Crippen molar-refractivity contribution in [2.45, 2.75) is 39.2 Å². The van der Waals surface area contributed by atoms with Crippen molar-refractivity contribution in [3.05, 3.63) is 80.5 Å². The van der Waals surface area contributed by atoms with Crippen LogP contribution in [0.3, 0.4) is 0 Å². The number of amides is 2. The number of hydrogen-bond donors (Lipinski definition) is 2. The first-order valence-electron chi connectivity index (χ1n) is 10.3. The zero-order valence-electron chi connectivity index (χ0n) is 17.6. The molecule has 2 N–H and O–H groups in total. The fourth-order valence-electron chi connectivity index (χ4n) is 3.66. The molecule has 5 nitrogen and oxygen atoms in total. The Morgan fingerprint density at radius 3 is 2.42 bits per heavy atom. The van der Waals surface area contributed by atoms with Crippen LogP contribution < -0.4 is 5.32 Å². The van der Waals surface area contributed by atoms with Crippen LogP contribution in [0.5, 0.6) is 0 Å². The molecule has 0 spiro atoms. The zero-order chi connectivity index (χ0) is 22.5. The Bertz CT molecular complexity index is 1000. The van der Waals surface area contributed by atoms with Gasteiger partial charge in [0.1, 0.15) is 0 Å². The largest absolute Gasteiger partial charge is 0.503 e. The molecule has 0 radical (unpaired) electrons. The standard InChI is InChI=1S/C24H26Cl2N2O3/c1-15-5-7-17(8-6-15)11-13-28-16(2)21(22(29)24(28)31)23(30)27-12-3-4-18-9-10-19(25)20(26)14-18/h5-10,14,16,29H,3-4,11-13H2,1-2H3,(H,27,30). The monoisotopic (exact) mass is 460 g/mol. The summed E-state index contributed by atoms with van der Waals surface area (Å²) < 4.78 is 0. The Hall–Kier alpha value is -2.50. The Balaban J connectivity index is 1.52. The van der Waals surface area contributed by atoms with Crippen molar-refractivity contribution < 1.29 is 14.7 Å². The number of halogens is 2. The van der Waals surface area contributed by atoms with E-state index in [0.29, 0.717) is 36.0 Å². The van der Waals surface area contributed by atoms with Gasteiger partial charge in [0.25, 0.3) is 11.8 Å². The van der Waals surface area contributed by atoms with E-state index in [1.807, 2.05) is 43.3 Å². The number of aliphatic hydroxyl groups is 1. The molecule has 0 aromatic heterocycles. The van der Waals surface area contributed by atoms with E-state index in [0.717, 1.165) is 17.5 Å². The maximum atomic E-state index is 12.6. The van der Waals surface area contributed by atoms with Gasteiger partial charge in [-0.1, -0.05) is 59.1 Å². The van der Waals surface area contributed by atoms with E-state index in [2.05, 4.69) is 5.32 Å². The van der Waals surface area contributed by atoms with Crippen molar-refractivity contribution in [2.24, 2.45) is 0 Å². The summed E-state index contributed by atoms with van der Waals surface area (Å²) in [5.41, 5.74) is 3.43. The molecule has 3 rings (SSSR count). The third kappa shape index (κ3) is 5.60. The summed E-state index contributed by atoms with van der Waals surface area (Å²) in [5.74, 6) is -1.37. The Morgan fingerprint density at radius 1 is 1.06 bits per heavy atom. The van der Waals surface area contributed by atoms with Crippen molar-refractivity contribution in [1.29, 1.82) is 0 Å². The molecule has 2 aromatic rings. The van der Waals surface area contributed by atoms with E-state index in [-0.39, 0.29) is 5.57 Å². The SMILES string of the molecule is Cc1ccc(CCN2C(=O)C(O)=C(C(=O)NCCCc3ccc(Cl)c(Cl)c3)C2C)cc1. The Labute approximate surface area is 192 Å². The molecule has 7 heteroatoms. The summed E-state index contributed by atoms with van der Waals surface area (Å²) in [6, 6.07) is 13.1. The molecule has 0 saturated heterocycles. The summed E-state index contributed by atoms with van der Waals surface area (Å²) in [6.07, 6.45) is 2.07. The minimum absolute atomic E-state index is 0.128. The normalized spacial score (nSPS) is 16.2. The van der Waals surface area contributed by atoms with Crippen LogP contribution in [0.1, 0.15) is 30.0 Å². The molecule has 164 valence electrons. The molecule has 0 saturated carbocycles. The van der Waals surface area contributed by atoms with Crippen LogP contribution in [-0.2, 0) is 22.4 Å². The van der Waals surface area contributed by atoms with Gasteiger partial charge in [0.2, 0.25) is 0 Å². The summed E-state index contributed by atoms with van der Waals surface area (Å²) >= 11 is 11.9. The van der Waals surface area contributed by atoms with Gasteiger partial charge in [0.15, 0.2) is 5.76 Å². The second-order valence-electron chi connectivity index (χ2n) is 7.78. The molecule has 1 aliphatic rings. The highest BCUT2D eigenvalue weighted by atomic mass is 35.5. The van der Waals surface area contributed by atoms with Gasteiger partial charge in [0, 0.05) is 13.1 Å². The molecule has 0 aliphatic carbocycles. The molecule has 1 aliphatic heterocycles. The minimum Gasteiger partial charge on any atom is -0.503 e. The fraction of sp³-hybridized carbons (Fsp3) is 0.333. The topological polar surface area (TPSA) is 69.6 Å². The van der Waals surface area contributed by atoms with Crippen molar-refractivity contribution >= 4 is 35.0 Å². The lowest BCUT2D eigenvalue weighted by Crippen LogP contribution is -2.38. The number of rotatable bonds is 8. The molecule has 31 heavy (non-hydrogen) atoms. The number of nitrogens with zero attached hydrogens (tertiary/aromatic N) is 1. The van der Waals surface area contributed by atoms with Gasteiger partial charge < -0.3 is 15.3 Å². The summed E-state index contributed by atoms with van der Waals surface area (Å²) in [4.78, 5) is 26.7. The Kier molecular flexibility index (Phi) is 7.63. The molecule has 1 atom stereocenters. The molecule has 2 amide bonds. The quantitative estimate of drug-likeness (QED) is 0.563. The number of hydrogen-bond acceptors (Lipinski definition) is 3. The number of nitrogens with one attached hydrogen (secondary N) is 1. The van der Waals surface area contributed by atoms with Crippen LogP contribution in [0.4, 0.5) is 0 Å². The second-order valence-corrected chi connectivity index (χ2v) is 8.59. The average molecular weight is 461 g/mol. The van der Waals surface area contributed by atoms with Gasteiger partial charge in [0.05, 0.1) is 21.7 Å². The number of carbonyl (C=O) groups excluding carboxylic acids is 2. The van der Waals surface area contributed by atoms with Gasteiger partial charge in [-0.2, -0.15) is 0 Å². The van der Waals surface area contributed by atoms with Gasteiger partial charge >= 0.3 is 0 Å². The summed E-state index contributed by atoms with van der Waals surface area (Å²) in [7, 11) is 0. The van der Waals surface area contributed by atoms with E-state index < -0.39 is 23.6 Å². The first kappa shape index (κ1) is 23.2. The molecule has 2 aromatic carbocycles. The lowest BCUT2D eigenvalue weighted by molar-refractivity contribution is -0.129. The van der Waals surface area contributed by atoms with Crippen LogP contribution in [-0.4, -0.2) is 41.0 Å². The highest BCUT2D eigenvalue weighted by Crippen LogP contribution is 2.25. The van der Waals surface area contributed by atoms with Crippen LogP contribution in [0.2, 0.25) is 10.0 Å². The fourth-order valence-corrected chi connectivity index (χ4v) is 3.98. The Morgan fingerprint density at radius 2 is 1.74 bits per heavy atom. The number of aryl methyl sites for hydroxylation is 2. The maximum absolute atomic E-state index is 12.6. The minimum atomic E-state index is -0.499. The van der Waals surface area contributed by atoms with E-state index in [9.17, 15) is 14.7 Å². The number of aliphatic hydroxyl groups excluding tert-OH is 1. The van der Waals surface area contributed by atoms with Gasteiger partial charge in [-0.25, -0.2) is 0 Å². The molecule has 0 bridgehead atoms. The van der Waals surface area contributed by atoms with Crippen molar-refractivity contribution in [1.82, 2.24) is 10.2 Å². The zero-order valence-corrected chi connectivity index (χ0v) is 19.1. The highest BCUT2D eigenvalue weighted by Gasteiger charge is 2.39. The molecule has 1 heterocycles. The van der Waals surface area contributed by atoms with Crippen LogP contribution in [0.15, 0.2) is 53.8 Å². The van der Waals surface area contributed by atoms with E-state index in [1.165, 1.54) is 5.56 Å². The highest BCUT2D eigenvalue weighted by molar-refractivity contribution is 6.42. The maximum Gasteiger partial charge on any atom is 0.289 e. The predicted octanol–water partition coefficient (Wildman–Crippen LogP) is 4.64. The third-order valence-corrected chi connectivity index (χ3v) is 6.26. The van der Waals surface area contributed by atoms with Crippen molar-refractivity contribution in [2.75, 3.05) is 13.1 Å². The molecular weight excluding hydrogens is 435 g/mol. The van der Waals surface area contributed by atoms with Crippen LogP contribution in [0, 0.1) is 6.92 Å². The van der Waals surface area contributed by atoms with Gasteiger partial charge in [-0.15, -0.1) is 0 Å². The van der Waals surface area contributed by atoms with Crippen molar-refractivity contribution in [3.8, 4) is 0 Å². The lowest BCUT2D eigenvalue weighted by Gasteiger charge is -2.23. The second kappa shape index (κ2) is 10.2. The van der Waals surface area contributed by atoms with Crippen molar-refractivity contribution in [3.63, 3.8) is 0 Å². The smallest absolute Gasteiger partial charge is 0.289 e. The van der Waals surface area contributed by atoms with E-state index in [1.54, 1.807) is 17.9 Å². The lowest BCUT2D eigenvalue weighted by atomic mass is 10.1. The van der Waals surface area contributed by atoms with E-state index >= 15 is 0 Å². The molecule has 0 fully saturated rings. The van der Waals surface area contributed by atoms with Gasteiger partial charge in [-0.3, -0.25) is 9.59 Å². The van der Waals surface area contributed by atoms with Gasteiger partial charge in [-0.05, 0) is 56.4 Å². The van der Waals surface area contributed by atoms with Crippen LogP contribution >= 0.6 is 23.2 Å². The molecule has 1 unspecified atom stereocenters. The third-order valence-electron chi connectivity index (χ3n) is 5.52. The average Bonchev–Trinajstić information content (AvgIpc) is 2.95. The predicted molar refractivity (Wildman–Crippen MR) is 124 cm³/mol. The first-order chi connectivity index (χ1) is 14.8. The first-order valence-corrected chi connectivity index (χ1v) is 11.0. The number of carbonyl (C=O) groups is 2. The van der Waals surface area contributed by atoms with E-state index in [4.69, 9.17) is 23.2 Å². The number of benzene rings is 2. The molecular formula is C24H26Cl2N2O3.